The summed E-state index contributed by atoms with van der Waals surface area (Å²) < 4.78 is 4.68. The number of carboxylic acid groups (broad SMARTS) is 2. The number of hydrogen-bond donors (Lipinski definition) is 6. The van der Waals surface area contributed by atoms with Crippen LogP contribution in [-0.2, 0) is 25.5 Å². The Morgan fingerprint density at radius 2 is 1.60 bits per heavy atom. The molecule has 0 spiro atoms. The largest absolute Gasteiger partial charge is 0.508 e. The number of aromatic hydroxyl groups is 3. The molecule has 2 aromatic rings. The van der Waals surface area contributed by atoms with E-state index in [0.29, 0.717) is 0 Å². The molecular weight excluding hydrogens is 400 g/mol. The molecular formula is C20H18O10. The topological polar surface area (TPSA) is 182 Å². The minimum atomic E-state index is -3.04. The van der Waals surface area contributed by atoms with Gasteiger partial charge >= 0.3 is 17.9 Å². The minimum Gasteiger partial charge on any atom is -0.508 e. The molecule has 158 valence electrons. The monoisotopic (exact) mass is 418 g/mol. The van der Waals surface area contributed by atoms with Gasteiger partial charge in [0.05, 0.1) is 6.26 Å². The lowest BCUT2D eigenvalue weighted by Crippen LogP contribution is -2.54. The first-order valence-electron chi connectivity index (χ1n) is 8.40. The van der Waals surface area contributed by atoms with Gasteiger partial charge in [0.15, 0.2) is 23.0 Å². The van der Waals surface area contributed by atoms with Crippen LogP contribution in [0.3, 0.4) is 0 Å². The van der Waals surface area contributed by atoms with E-state index in [4.69, 9.17) is 0 Å². The standard InChI is InChI=1S/C20H18O10/c21-13-4-1-12(2-5-13)10-20(29,19(27)28)16(17(24)25)18(26)30-8-7-11-3-6-14(22)15(23)9-11/h1-9,16,21-23,29H,10H2,(H,24,25)(H,27,28)/b8-7+/t16-,20-/m1/s1. The van der Waals surface area contributed by atoms with Gasteiger partial charge in [0, 0.05) is 6.42 Å². The third-order valence-electron chi connectivity index (χ3n) is 4.18. The number of phenolic OH excluding ortho intramolecular Hbond substituents is 3. The molecule has 0 heterocycles. The lowest BCUT2D eigenvalue weighted by atomic mass is 9.82. The molecule has 2 atom stereocenters. The van der Waals surface area contributed by atoms with E-state index < -0.39 is 41.6 Å². The number of ether oxygens (including phenoxy) is 1. The van der Waals surface area contributed by atoms with Gasteiger partial charge in [-0.05, 0) is 41.5 Å². The molecule has 2 rings (SSSR count). The van der Waals surface area contributed by atoms with Gasteiger partial charge in [-0.2, -0.15) is 0 Å². The van der Waals surface area contributed by atoms with Crippen molar-refractivity contribution in [1.82, 2.24) is 0 Å². The maximum atomic E-state index is 12.3. The maximum absolute atomic E-state index is 12.3. The van der Waals surface area contributed by atoms with Crippen LogP contribution in [0.5, 0.6) is 17.2 Å². The van der Waals surface area contributed by atoms with Crippen molar-refractivity contribution in [2.24, 2.45) is 5.92 Å². The summed E-state index contributed by atoms with van der Waals surface area (Å²) in [5.41, 5.74) is -2.60. The summed E-state index contributed by atoms with van der Waals surface area (Å²) in [5, 5.41) is 57.3. The third-order valence-corrected chi connectivity index (χ3v) is 4.18. The van der Waals surface area contributed by atoms with E-state index in [-0.39, 0.29) is 22.6 Å². The van der Waals surface area contributed by atoms with Crippen LogP contribution in [0.4, 0.5) is 0 Å². The summed E-state index contributed by atoms with van der Waals surface area (Å²) >= 11 is 0. The molecule has 0 saturated heterocycles. The summed E-state index contributed by atoms with van der Waals surface area (Å²) in [4.78, 5) is 35.6. The zero-order valence-corrected chi connectivity index (χ0v) is 15.3. The molecule has 0 amide bonds. The van der Waals surface area contributed by atoms with Crippen molar-refractivity contribution in [1.29, 1.82) is 0 Å². The Morgan fingerprint density at radius 1 is 0.967 bits per heavy atom. The molecule has 0 unspecified atom stereocenters. The number of carboxylic acids is 2. The maximum Gasteiger partial charge on any atom is 0.337 e. The Balaban J connectivity index is 2.25. The quantitative estimate of drug-likeness (QED) is 0.157. The fraction of sp³-hybridized carbons (Fsp3) is 0.150. The number of esters is 1. The zero-order valence-electron chi connectivity index (χ0n) is 15.3. The molecule has 0 aliphatic carbocycles. The first-order valence-corrected chi connectivity index (χ1v) is 8.40. The van der Waals surface area contributed by atoms with E-state index in [1.807, 2.05) is 0 Å². The van der Waals surface area contributed by atoms with Gasteiger partial charge in [0.2, 0.25) is 0 Å². The van der Waals surface area contributed by atoms with Gasteiger partial charge in [-0.15, -0.1) is 0 Å². The molecule has 2 aromatic carbocycles. The van der Waals surface area contributed by atoms with E-state index in [1.165, 1.54) is 30.3 Å². The number of benzene rings is 2. The van der Waals surface area contributed by atoms with Crippen LogP contribution in [-0.4, -0.2) is 54.1 Å². The van der Waals surface area contributed by atoms with Crippen molar-refractivity contribution in [2.45, 2.75) is 12.0 Å². The second-order valence-electron chi connectivity index (χ2n) is 6.33. The lowest BCUT2D eigenvalue weighted by Gasteiger charge is -2.28. The molecule has 10 nitrogen and oxygen atoms in total. The molecule has 0 radical (unpaired) electrons. The molecule has 0 bridgehead atoms. The molecule has 0 aromatic heterocycles. The fourth-order valence-corrected chi connectivity index (χ4v) is 2.62. The number of hydrogen-bond acceptors (Lipinski definition) is 8. The average Bonchev–Trinajstić information content (AvgIpc) is 2.66. The summed E-state index contributed by atoms with van der Waals surface area (Å²) in [7, 11) is 0. The highest BCUT2D eigenvalue weighted by molar-refractivity contribution is 6.01. The number of aliphatic hydroxyl groups is 1. The number of carbonyl (C=O) groups excluding carboxylic acids is 1. The Bertz CT molecular complexity index is 980. The summed E-state index contributed by atoms with van der Waals surface area (Å²) in [6.07, 6.45) is 1.16. The van der Waals surface area contributed by atoms with E-state index >= 15 is 0 Å². The normalized spacial score (nSPS) is 14.0. The predicted molar refractivity (Wildman–Crippen MR) is 100 cm³/mol. The SMILES string of the molecule is O=C(O)[C@H](C(=O)O/C=C/c1ccc(O)c(O)c1)[C@](O)(Cc1ccc(O)cc1)C(=O)O. The van der Waals surface area contributed by atoms with Crippen molar-refractivity contribution in [3.05, 3.63) is 59.9 Å². The molecule has 0 aliphatic heterocycles. The van der Waals surface area contributed by atoms with E-state index in [9.17, 15) is 45.0 Å². The molecule has 0 fully saturated rings. The van der Waals surface area contributed by atoms with Gasteiger partial charge in [0.25, 0.3) is 0 Å². The third kappa shape index (κ3) is 5.06. The zero-order chi connectivity index (χ0) is 22.5. The molecule has 30 heavy (non-hydrogen) atoms. The Kier molecular flexibility index (Phi) is 6.65. The Morgan fingerprint density at radius 3 is 2.13 bits per heavy atom. The van der Waals surface area contributed by atoms with Crippen molar-refractivity contribution in [3.63, 3.8) is 0 Å². The van der Waals surface area contributed by atoms with Crippen LogP contribution in [0.1, 0.15) is 11.1 Å². The Hall–Kier alpha value is -4.05. The minimum absolute atomic E-state index is 0.128. The van der Waals surface area contributed by atoms with Crippen LogP contribution >= 0.6 is 0 Å². The molecule has 0 saturated carbocycles. The first kappa shape index (κ1) is 22.2. The second kappa shape index (κ2) is 8.97. The highest BCUT2D eigenvalue weighted by Gasteiger charge is 2.53. The van der Waals surface area contributed by atoms with Gasteiger partial charge in [-0.1, -0.05) is 18.2 Å². The predicted octanol–water partition coefficient (Wildman–Crippen LogP) is 1.08. The van der Waals surface area contributed by atoms with Crippen molar-refractivity contribution in [2.75, 3.05) is 0 Å². The van der Waals surface area contributed by atoms with Crippen molar-refractivity contribution in [3.8, 4) is 17.2 Å². The van der Waals surface area contributed by atoms with Crippen LogP contribution in [0, 0.1) is 5.92 Å². The summed E-state index contributed by atoms with van der Waals surface area (Å²) in [6, 6.07) is 8.61. The Labute approximate surface area is 169 Å². The van der Waals surface area contributed by atoms with Crippen molar-refractivity contribution >= 4 is 24.0 Å². The van der Waals surface area contributed by atoms with Gasteiger partial charge < -0.3 is 35.4 Å². The highest BCUT2D eigenvalue weighted by Crippen LogP contribution is 2.27. The number of carbonyl (C=O) groups is 3. The summed E-state index contributed by atoms with van der Waals surface area (Å²) in [5.74, 6) is -8.83. The van der Waals surface area contributed by atoms with Crippen molar-refractivity contribution < 1.29 is 49.8 Å². The number of phenols is 3. The number of aliphatic carboxylic acids is 2. The fourth-order valence-electron chi connectivity index (χ4n) is 2.62. The van der Waals surface area contributed by atoms with Gasteiger partial charge in [-0.25, -0.2) is 4.79 Å². The van der Waals surface area contributed by atoms with Crippen LogP contribution < -0.4 is 0 Å². The molecule has 6 N–H and O–H groups in total. The average molecular weight is 418 g/mol. The summed E-state index contributed by atoms with van der Waals surface area (Å²) in [6.45, 7) is 0. The number of rotatable bonds is 8. The lowest BCUT2D eigenvalue weighted by molar-refractivity contribution is -0.182. The van der Waals surface area contributed by atoms with E-state index in [2.05, 4.69) is 4.74 Å². The van der Waals surface area contributed by atoms with E-state index in [0.717, 1.165) is 24.5 Å². The van der Waals surface area contributed by atoms with E-state index in [1.54, 1.807) is 0 Å². The van der Waals surface area contributed by atoms with Crippen LogP contribution in [0.2, 0.25) is 0 Å². The van der Waals surface area contributed by atoms with Crippen LogP contribution in [0.25, 0.3) is 6.08 Å². The van der Waals surface area contributed by atoms with Crippen LogP contribution in [0.15, 0.2) is 48.7 Å². The first-order chi connectivity index (χ1) is 14.0. The second-order valence-corrected chi connectivity index (χ2v) is 6.33. The van der Waals surface area contributed by atoms with Gasteiger partial charge in [-0.3, -0.25) is 9.59 Å². The smallest absolute Gasteiger partial charge is 0.337 e. The molecule has 10 heteroatoms. The highest BCUT2D eigenvalue weighted by atomic mass is 16.5. The van der Waals surface area contributed by atoms with Gasteiger partial charge in [0.1, 0.15) is 5.75 Å². The molecule has 0 aliphatic rings.